The van der Waals surface area contributed by atoms with E-state index in [9.17, 15) is 0 Å². The fraction of sp³-hybridized carbons (Fsp3) is 0.586. The summed E-state index contributed by atoms with van der Waals surface area (Å²) in [6, 6.07) is 6.52. The molecule has 1 aliphatic heterocycles. The quantitative estimate of drug-likeness (QED) is 0.217. The number of allylic oxidation sites excluding steroid dienone is 2. The smallest absolute Gasteiger partial charge is 0.300 e. The first kappa shape index (κ1) is 33.8. The number of fused-ring (bicyclic) bond motifs is 1. The van der Waals surface area contributed by atoms with Gasteiger partial charge < -0.3 is 19.3 Å². The van der Waals surface area contributed by atoms with E-state index in [1.807, 2.05) is 40.7 Å². The second-order valence-corrected chi connectivity index (χ2v) is 8.87. The Balaban J connectivity index is 0.00000137. The lowest BCUT2D eigenvalue weighted by molar-refractivity contribution is -0.134. The lowest BCUT2D eigenvalue weighted by Gasteiger charge is -2.08. The van der Waals surface area contributed by atoms with Gasteiger partial charge in [0.25, 0.3) is 5.97 Å². The van der Waals surface area contributed by atoms with Gasteiger partial charge in [0.1, 0.15) is 17.6 Å². The van der Waals surface area contributed by atoms with E-state index in [0.717, 1.165) is 47.8 Å². The molecule has 1 N–H and O–H groups in total. The lowest BCUT2D eigenvalue weighted by Crippen LogP contribution is -2.03. The predicted octanol–water partition coefficient (Wildman–Crippen LogP) is 7.46. The van der Waals surface area contributed by atoms with E-state index >= 15 is 0 Å². The monoisotopic (exact) mass is 521 g/mol. The molecule has 36 heavy (non-hydrogen) atoms. The van der Waals surface area contributed by atoms with Gasteiger partial charge >= 0.3 is 0 Å². The van der Waals surface area contributed by atoms with Crippen molar-refractivity contribution < 1.29 is 24.1 Å². The van der Waals surface area contributed by atoms with Crippen molar-refractivity contribution in [2.24, 2.45) is 4.99 Å². The fourth-order valence-electron chi connectivity index (χ4n) is 3.36. The van der Waals surface area contributed by atoms with Crippen molar-refractivity contribution in [3.8, 4) is 5.75 Å². The van der Waals surface area contributed by atoms with Crippen LogP contribution in [-0.2, 0) is 27.1 Å². The summed E-state index contributed by atoms with van der Waals surface area (Å²) >= 11 is 1.78. The van der Waals surface area contributed by atoms with Crippen molar-refractivity contribution >= 4 is 22.8 Å². The maximum atomic E-state index is 9.00. The van der Waals surface area contributed by atoms with Gasteiger partial charge in [0.15, 0.2) is 6.79 Å². The number of carbonyl (C=O) groups is 1. The Kier molecular flexibility index (Phi) is 19.6. The van der Waals surface area contributed by atoms with Gasteiger partial charge in [-0.3, -0.25) is 9.79 Å². The summed E-state index contributed by atoms with van der Waals surface area (Å²) in [5, 5.41) is 8.50. The highest BCUT2D eigenvalue weighted by atomic mass is 32.2. The van der Waals surface area contributed by atoms with Crippen LogP contribution < -0.4 is 4.74 Å². The first-order valence-corrected chi connectivity index (χ1v) is 14.1. The largest absolute Gasteiger partial charge is 0.494 e. The Labute approximate surface area is 223 Å². The zero-order valence-corrected chi connectivity index (χ0v) is 24.4. The average Bonchev–Trinajstić information content (AvgIpc) is 3.52. The van der Waals surface area contributed by atoms with Crippen LogP contribution in [0.15, 0.2) is 46.7 Å². The Morgan fingerprint density at radius 3 is 2.47 bits per heavy atom. The van der Waals surface area contributed by atoms with Crippen LogP contribution in [-0.4, -0.2) is 47.9 Å². The second-order valence-electron chi connectivity index (χ2n) is 7.61. The Morgan fingerprint density at radius 1 is 1.19 bits per heavy atom. The molecule has 1 heterocycles. The molecule has 0 bridgehead atoms. The molecule has 0 aromatic heterocycles. The van der Waals surface area contributed by atoms with Crippen LogP contribution in [0.4, 0.5) is 0 Å². The molecule has 1 aromatic rings. The topological polar surface area (TPSA) is 77.4 Å². The van der Waals surface area contributed by atoms with Crippen LogP contribution in [0.3, 0.4) is 0 Å². The Hall–Kier alpha value is -2.25. The average molecular weight is 522 g/mol. The van der Waals surface area contributed by atoms with Gasteiger partial charge in [0, 0.05) is 19.9 Å². The van der Waals surface area contributed by atoms with E-state index in [1.54, 1.807) is 11.8 Å². The maximum absolute atomic E-state index is 9.00. The molecule has 1 saturated heterocycles. The summed E-state index contributed by atoms with van der Waals surface area (Å²) in [4.78, 5) is 13.8. The van der Waals surface area contributed by atoms with Crippen LogP contribution in [0.1, 0.15) is 79.4 Å². The van der Waals surface area contributed by atoms with E-state index in [2.05, 4.69) is 38.1 Å². The summed E-state index contributed by atoms with van der Waals surface area (Å²) in [6.45, 7) is 17.1. The minimum absolute atomic E-state index is 0.0274. The number of rotatable bonds is 8. The molecule has 6 nitrogen and oxygen atoms in total. The summed E-state index contributed by atoms with van der Waals surface area (Å²) in [6.07, 6.45) is 8.68. The van der Waals surface area contributed by atoms with E-state index in [4.69, 9.17) is 29.1 Å². The van der Waals surface area contributed by atoms with Gasteiger partial charge in [-0.25, -0.2) is 0 Å². The van der Waals surface area contributed by atoms with Gasteiger partial charge in [-0.1, -0.05) is 46.8 Å². The molecular weight excluding hydrogens is 474 g/mol. The van der Waals surface area contributed by atoms with Crippen LogP contribution in [0.5, 0.6) is 5.75 Å². The van der Waals surface area contributed by atoms with E-state index in [-0.39, 0.29) is 6.10 Å². The molecule has 1 aliphatic carbocycles. The molecule has 204 valence electrons. The molecule has 0 spiro atoms. The Bertz CT molecular complexity index is 844. The molecule has 1 atom stereocenters. The third-order valence-electron chi connectivity index (χ3n) is 4.96. The van der Waals surface area contributed by atoms with Crippen molar-refractivity contribution in [2.75, 3.05) is 25.7 Å². The number of aryl methyl sites for hydroxylation is 2. The van der Waals surface area contributed by atoms with Gasteiger partial charge in [-0.2, -0.15) is 0 Å². The molecular formula is C29H47NO5S. The fourth-order valence-corrected chi connectivity index (χ4v) is 4.11. The van der Waals surface area contributed by atoms with E-state index in [0.29, 0.717) is 13.4 Å². The molecule has 7 heteroatoms. The summed E-state index contributed by atoms with van der Waals surface area (Å²) in [5.41, 5.74) is 4.10. The first-order valence-electron chi connectivity index (χ1n) is 13.1. The second kappa shape index (κ2) is 20.9. The first-order chi connectivity index (χ1) is 17.4. The molecule has 2 aliphatic rings. The van der Waals surface area contributed by atoms with Crippen molar-refractivity contribution in [3.05, 3.63) is 52.8 Å². The number of hydrogen-bond donors (Lipinski definition) is 1. The summed E-state index contributed by atoms with van der Waals surface area (Å²) in [7, 11) is 0. The van der Waals surface area contributed by atoms with Gasteiger partial charge in [-0.15, -0.1) is 11.8 Å². The predicted molar refractivity (Wildman–Crippen MR) is 153 cm³/mol. The van der Waals surface area contributed by atoms with Gasteiger partial charge in [0.2, 0.25) is 0 Å². The van der Waals surface area contributed by atoms with E-state index in [1.165, 1.54) is 30.4 Å². The highest BCUT2D eigenvalue weighted by molar-refractivity contribution is 8.14. The molecule has 1 aromatic carbocycles. The number of ether oxygens (including phenoxy) is 3. The van der Waals surface area contributed by atoms with Crippen molar-refractivity contribution in [1.29, 1.82) is 0 Å². The van der Waals surface area contributed by atoms with Gasteiger partial charge in [-0.05, 0) is 73.8 Å². The lowest BCUT2D eigenvalue weighted by atomic mass is 10.1. The number of carboxylic acids is 1. The number of aliphatic imine (C=N–C) groups is 1. The molecule has 0 amide bonds. The third kappa shape index (κ3) is 13.7. The number of nitrogens with zero attached hydrogens (tertiary/aromatic N) is 1. The Morgan fingerprint density at radius 2 is 1.86 bits per heavy atom. The highest BCUT2D eigenvalue weighted by Gasteiger charge is 2.17. The van der Waals surface area contributed by atoms with Crippen LogP contribution in [0, 0.1) is 0 Å². The van der Waals surface area contributed by atoms with Crippen LogP contribution >= 0.6 is 11.8 Å². The number of benzene rings is 1. The molecule has 1 unspecified atom stereocenters. The number of hydrogen-bond acceptors (Lipinski definition) is 6. The van der Waals surface area contributed by atoms with Crippen LogP contribution in [0.2, 0.25) is 0 Å². The summed E-state index contributed by atoms with van der Waals surface area (Å²) in [5.74, 6) is 2.04. The van der Waals surface area contributed by atoms with Crippen molar-refractivity contribution in [3.63, 3.8) is 0 Å². The SMILES string of the molecule is CC.CC.CC(=O)O.CCSC(=NCCCOc1ccc2c(c1)CCC2)/C(C)=C/C=C1/OCOC1C. The zero-order chi connectivity index (χ0) is 27.3. The van der Waals surface area contributed by atoms with Crippen molar-refractivity contribution in [1.82, 2.24) is 0 Å². The van der Waals surface area contributed by atoms with E-state index < -0.39 is 5.97 Å². The molecule has 0 radical (unpaired) electrons. The number of aliphatic carboxylic acids is 1. The zero-order valence-electron chi connectivity index (χ0n) is 23.6. The van der Waals surface area contributed by atoms with Crippen LogP contribution in [0.25, 0.3) is 0 Å². The standard InChI is InChI=1S/C23H31NO3S.C2H4O2.2C2H6/c1-4-28-23(17(2)9-12-22-18(3)26-16-27-22)24-13-6-14-25-21-11-10-19-7-5-8-20(19)15-21;1-2(3)4;2*1-2/h9-12,15,18H,4-8,13-14,16H2,1-3H3;1H3,(H,3,4);2*1-2H3/b17-9+,22-12+,24-23?;;;. The van der Waals surface area contributed by atoms with Crippen molar-refractivity contribution in [2.45, 2.75) is 87.2 Å². The van der Waals surface area contributed by atoms with Gasteiger partial charge in [0.05, 0.1) is 11.7 Å². The maximum Gasteiger partial charge on any atom is 0.300 e. The number of thioether (sulfide) groups is 1. The molecule has 3 rings (SSSR count). The highest BCUT2D eigenvalue weighted by Crippen LogP contribution is 2.26. The number of carboxylic acid groups (broad SMARTS) is 1. The minimum atomic E-state index is -0.833. The molecule has 0 saturated carbocycles. The third-order valence-corrected chi connectivity index (χ3v) is 5.97. The molecule has 1 fully saturated rings. The normalized spacial score (nSPS) is 17.4. The minimum Gasteiger partial charge on any atom is -0.494 e. The summed E-state index contributed by atoms with van der Waals surface area (Å²) < 4.78 is 16.8.